The highest BCUT2D eigenvalue weighted by molar-refractivity contribution is 6.16. The van der Waals surface area contributed by atoms with E-state index in [9.17, 15) is 14.0 Å². The molecular weight excluding hydrogens is 403 g/mol. The Morgan fingerprint density at radius 3 is 2.19 bits per heavy atom. The normalized spacial score (nSPS) is 11.5. The first-order chi connectivity index (χ1) is 15.5. The Morgan fingerprint density at radius 1 is 0.875 bits per heavy atom. The highest BCUT2D eigenvalue weighted by atomic mass is 19.1. The molecule has 158 valence electrons. The third-order valence-electron chi connectivity index (χ3n) is 5.84. The lowest BCUT2D eigenvalue weighted by molar-refractivity contribution is 0.111. The van der Waals surface area contributed by atoms with Gasteiger partial charge in [-0.3, -0.25) is 14.2 Å². The fourth-order valence-electron chi connectivity index (χ4n) is 4.57. The van der Waals surface area contributed by atoms with Gasteiger partial charge in [0.2, 0.25) is 0 Å². The van der Waals surface area contributed by atoms with Crippen molar-refractivity contribution in [2.45, 2.75) is 19.9 Å². The average molecular weight is 424 g/mol. The number of fused-ring (bicyclic) bond motifs is 3. The number of carbonyl (C=O) groups is 1. The summed E-state index contributed by atoms with van der Waals surface area (Å²) in [5, 5.41) is 1.56. The van der Waals surface area contributed by atoms with Gasteiger partial charge in [-0.05, 0) is 49.7 Å². The number of hydrogen-bond acceptors (Lipinski definition) is 2. The lowest BCUT2D eigenvalue weighted by Crippen LogP contribution is -2.22. The van der Waals surface area contributed by atoms with Gasteiger partial charge in [-0.2, -0.15) is 0 Å². The molecule has 0 aliphatic heterocycles. The van der Waals surface area contributed by atoms with Gasteiger partial charge in [-0.1, -0.05) is 48.5 Å². The second-order valence-corrected chi connectivity index (χ2v) is 8.07. The Hall–Kier alpha value is -3.99. The Morgan fingerprint density at radius 2 is 1.53 bits per heavy atom. The lowest BCUT2D eigenvalue weighted by Gasteiger charge is -2.15. The molecular formula is C27H21FN2O2. The highest BCUT2D eigenvalue weighted by Crippen LogP contribution is 2.39. The van der Waals surface area contributed by atoms with Crippen LogP contribution in [0.2, 0.25) is 0 Å². The summed E-state index contributed by atoms with van der Waals surface area (Å²) in [5.74, 6) is -0.356. The van der Waals surface area contributed by atoms with Gasteiger partial charge >= 0.3 is 0 Å². The van der Waals surface area contributed by atoms with Crippen LogP contribution in [0.1, 0.15) is 30.4 Å². The van der Waals surface area contributed by atoms with Crippen molar-refractivity contribution in [2.75, 3.05) is 0 Å². The molecule has 0 aliphatic rings. The predicted octanol–water partition coefficient (Wildman–Crippen LogP) is 6.14. The van der Waals surface area contributed by atoms with Crippen LogP contribution in [-0.4, -0.2) is 15.4 Å². The Labute approximate surface area is 184 Å². The summed E-state index contributed by atoms with van der Waals surface area (Å²) in [4.78, 5) is 26.4. The number of halogens is 1. The van der Waals surface area contributed by atoms with Crippen molar-refractivity contribution in [3.63, 3.8) is 0 Å². The maximum atomic E-state index is 14.0. The van der Waals surface area contributed by atoms with E-state index in [1.54, 1.807) is 21.3 Å². The van der Waals surface area contributed by atoms with E-state index in [4.69, 9.17) is 0 Å². The Bertz CT molecular complexity index is 1530. The number of carbonyl (C=O) groups excluding carboxylic acids is 1. The van der Waals surface area contributed by atoms with Gasteiger partial charge in [-0.15, -0.1) is 0 Å². The van der Waals surface area contributed by atoms with Crippen LogP contribution in [-0.2, 0) is 0 Å². The molecule has 3 aromatic carbocycles. The first kappa shape index (κ1) is 19.9. The Balaban J connectivity index is 2.07. The largest absolute Gasteiger partial charge is 0.331 e. The fraction of sp³-hybridized carbons (Fsp3) is 0.111. The number of benzene rings is 3. The predicted molar refractivity (Wildman–Crippen MR) is 126 cm³/mol. The van der Waals surface area contributed by atoms with Crippen LogP contribution in [0.4, 0.5) is 4.39 Å². The molecule has 0 aliphatic carbocycles. The van der Waals surface area contributed by atoms with Crippen molar-refractivity contribution in [3.8, 4) is 16.8 Å². The topological polar surface area (TPSA) is 44.0 Å². The van der Waals surface area contributed by atoms with Gasteiger partial charge in [0.05, 0.1) is 11.2 Å². The van der Waals surface area contributed by atoms with Gasteiger partial charge < -0.3 is 4.57 Å². The quantitative estimate of drug-likeness (QED) is 0.325. The zero-order valence-corrected chi connectivity index (χ0v) is 17.7. The fourth-order valence-corrected chi connectivity index (χ4v) is 4.57. The van der Waals surface area contributed by atoms with Crippen LogP contribution in [0.25, 0.3) is 38.6 Å². The van der Waals surface area contributed by atoms with Crippen LogP contribution < -0.4 is 5.56 Å². The van der Waals surface area contributed by atoms with Crippen LogP contribution in [0.15, 0.2) is 83.7 Å². The first-order valence-corrected chi connectivity index (χ1v) is 10.5. The third-order valence-corrected chi connectivity index (χ3v) is 5.84. The zero-order valence-electron chi connectivity index (χ0n) is 17.7. The van der Waals surface area contributed by atoms with E-state index in [-0.39, 0.29) is 17.4 Å². The molecule has 2 aromatic heterocycles. The summed E-state index contributed by atoms with van der Waals surface area (Å²) in [6.07, 6.45) is 0.791. The SMILES string of the molecule is CC(C)n1c(C=O)c(-c2ccc(F)cc2)c2c3ccccc3n(-c3ccccc3)c(=O)c21. The molecule has 0 spiro atoms. The molecule has 0 unspecified atom stereocenters. The van der Waals surface area contributed by atoms with E-state index < -0.39 is 0 Å². The summed E-state index contributed by atoms with van der Waals surface area (Å²) >= 11 is 0. The van der Waals surface area contributed by atoms with Gasteiger partial charge in [0.15, 0.2) is 6.29 Å². The third kappa shape index (κ3) is 2.89. The highest BCUT2D eigenvalue weighted by Gasteiger charge is 2.26. The van der Waals surface area contributed by atoms with E-state index in [0.717, 1.165) is 22.9 Å². The number of hydrogen-bond donors (Lipinski definition) is 0. The van der Waals surface area contributed by atoms with Crippen LogP contribution in [0.3, 0.4) is 0 Å². The molecule has 5 rings (SSSR count). The van der Waals surface area contributed by atoms with Crippen LogP contribution in [0.5, 0.6) is 0 Å². The van der Waals surface area contributed by atoms with Crippen molar-refractivity contribution in [2.24, 2.45) is 0 Å². The summed E-state index contributed by atoms with van der Waals surface area (Å²) < 4.78 is 17.2. The molecule has 0 bridgehead atoms. The molecule has 0 N–H and O–H groups in total. The van der Waals surface area contributed by atoms with Crippen LogP contribution >= 0.6 is 0 Å². The minimum Gasteiger partial charge on any atom is -0.331 e. The van der Waals surface area contributed by atoms with E-state index in [0.29, 0.717) is 27.7 Å². The summed E-state index contributed by atoms with van der Waals surface area (Å²) in [6, 6.07) is 23.1. The molecule has 0 amide bonds. The zero-order chi connectivity index (χ0) is 22.4. The molecule has 0 radical (unpaired) electrons. The molecule has 2 heterocycles. The van der Waals surface area contributed by atoms with Crippen molar-refractivity contribution < 1.29 is 9.18 Å². The first-order valence-electron chi connectivity index (χ1n) is 10.5. The molecule has 4 nitrogen and oxygen atoms in total. The van der Waals surface area contributed by atoms with E-state index >= 15 is 0 Å². The number of rotatable bonds is 4. The number of aromatic nitrogens is 2. The minimum absolute atomic E-state index is 0.134. The van der Waals surface area contributed by atoms with Crippen molar-refractivity contribution >= 4 is 28.1 Å². The Kier molecular flexibility index (Phi) is 4.74. The number of nitrogens with zero attached hydrogens (tertiary/aromatic N) is 2. The van der Waals surface area contributed by atoms with Gasteiger partial charge in [0.1, 0.15) is 11.3 Å². The molecule has 5 heteroatoms. The van der Waals surface area contributed by atoms with E-state index in [1.807, 2.05) is 68.4 Å². The molecule has 5 aromatic rings. The molecule has 0 saturated heterocycles. The maximum absolute atomic E-state index is 14.0. The van der Waals surface area contributed by atoms with Crippen molar-refractivity contribution in [3.05, 3.63) is 101 Å². The van der Waals surface area contributed by atoms with E-state index in [2.05, 4.69) is 0 Å². The summed E-state index contributed by atoms with van der Waals surface area (Å²) in [5.41, 5.74) is 3.52. The molecule has 0 atom stereocenters. The minimum atomic E-state index is -0.356. The number of pyridine rings is 1. The van der Waals surface area contributed by atoms with Gasteiger partial charge in [0, 0.05) is 28.1 Å². The maximum Gasteiger partial charge on any atom is 0.280 e. The van der Waals surface area contributed by atoms with Gasteiger partial charge in [-0.25, -0.2) is 4.39 Å². The monoisotopic (exact) mass is 424 g/mol. The molecule has 32 heavy (non-hydrogen) atoms. The second kappa shape index (κ2) is 7.61. The van der Waals surface area contributed by atoms with Crippen molar-refractivity contribution in [1.29, 1.82) is 0 Å². The number of aldehydes is 1. The van der Waals surface area contributed by atoms with Crippen molar-refractivity contribution in [1.82, 2.24) is 9.13 Å². The standard InChI is InChI=1S/C27H21FN2O2/c1-17(2)29-23(16-31)24(18-12-14-19(28)15-13-18)25-21-10-6-7-11-22(21)30(27(32)26(25)29)20-8-4-3-5-9-20/h3-17H,1-2H3. The van der Waals surface area contributed by atoms with E-state index in [1.165, 1.54) is 12.1 Å². The second-order valence-electron chi connectivity index (χ2n) is 8.07. The average Bonchev–Trinajstić information content (AvgIpc) is 3.17. The molecule has 0 saturated carbocycles. The lowest BCUT2D eigenvalue weighted by atomic mass is 9.99. The summed E-state index contributed by atoms with van der Waals surface area (Å²) in [7, 11) is 0. The smallest absolute Gasteiger partial charge is 0.280 e. The molecule has 0 fully saturated rings. The van der Waals surface area contributed by atoms with Crippen LogP contribution in [0, 0.1) is 5.82 Å². The summed E-state index contributed by atoms with van der Waals surface area (Å²) in [6.45, 7) is 3.89. The number of para-hydroxylation sites is 2. The van der Waals surface area contributed by atoms with Gasteiger partial charge in [0.25, 0.3) is 5.56 Å².